The molecule has 2 aromatic rings. The molecule has 0 aliphatic rings. The molecule has 0 spiro atoms. The van der Waals surface area contributed by atoms with Crippen LogP contribution in [-0.4, -0.2) is 9.78 Å². The van der Waals surface area contributed by atoms with Crippen LogP contribution in [0, 0.1) is 6.57 Å². The molecule has 14 heavy (non-hydrogen) atoms. The summed E-state index contributed by atoms with van der Waals surface area (Å²) in [5.74, 6) is 0. The van der Waals surface area contributed by atoms with Crippen molar-refractivity contribution in [3.05, 3.63) is 47.6 Å². The number of fused-ring (bicyclic) bond motifs is 1. The van der Waals surface area contributed by atoms with Gasteiger partial charge in [-0.25, -0.2) is 4.85 Å². The van der Waals surface area contributed by atoms with Gasteiger partial charge in [0.25, 0.3) is 0 Å². The third-order valence-electron chi connectivity index (χ3n) is 2.11. The van der Waals surface area contributed by atoms with Crippen LogP contribution in [0.15, 0.2) is 30.6 Å². The minimum absolute atomic E-state index is 1.03. The molecule has 0 N–H and O–H groups in total. The van der Waals surface area contributed by atoms with Crippen molar-refractivity contribution in [2.75, 3.05) is 0 Å². The zero-order valence-electron chi connectivity index (χ0n) is 7.81. The summed E-state index contributed by atoms with van der Waals surface area (Å²) in [7, 11) is 1.91. The van der Waals surface area contributed by atoms with Crippen LogP contribution in [0.25, 0.3) is 21.8 Å². The van der Waals surface area contributed by atoms with Gasteiger partial charge in [0.2, 0.25) is 0 Å². The van der Waals surface area contributed by atoms with Crippen LogP contribution in [0.2, 0.25) is 0 Å². The van der Waals surface area contributed by atoms with E-state index in [0.29, 0.717) is 0 Å². The second-order valence-corrected chi connectivity index (χ2v) is 3.03. The molecule has 0 radical (unpaired) electrons. The summed E-state index contributed by atoms with van der Waals surface area (Å²) in [6.45, 7) is 6.64. The molecule has 0 aliphatic heterocycles. The molecule has 0 amide bonds. The number of rotatable bonds is 1. The van der Waals surface area contributed by atoms with E-state index in [9.17, 15) is 0 Å². The summed E-state index contributed by atoms with van der Waals surface area (Å²) in [6, 6.07) is 6.00. The lowest BCUT2D eigenvalue weighted by molar-refractivity contribution is 0.797. The SMILES string of the molecule is [C-]#[N+]/C=C/c1ccc2c(cnn2C)c1. The van der Waals surface area contributed by atoms with E-state index < -0.39 is 0 Å². The molecular formula is C11H9N3. The van der Waals surface area contributed by atoms with E-state index in [0.717, 1.165) is 16.5 Å². The molecule has 0 aliphatic carbocycles. The van der Waals surface area contributed by atoms with Crippen molar-refractivity contribution in [3.63, 3.8) is 0 Å². The first kappa shape index (κ1) is 8.52. The zero-order chi connectivity index (χ0) is 9.97. The van der Waals surface area contributed by atoms with Crippen molar-refractivity contribution in [2.24, 2.45) is 7.05 Å². The lowest BCUT2D eigenvalue weighted by Gasteiger charge is -1.95. The Morgan fingerprint density at radius 1 is 1.50 bits per heavy atom. The van der Waals surface area contributed by atoms with Gasteiger partial charge in [0.05, 0.1) is 18.3 Å². The van der Waals surface area contributed by atoms with Crippen LogP contribution in [0.1, 0.15) is 5.56 Å². The monoisotopic (exact) mass is 183 g/mol. The van der Waals surface area contributed by atoms with E-state index in [1.165, 1.54) is 6.20 Å². The fourth-order valence-corrected chi connectivity index (χ4v) is 1.41. The molecule has 0 unspecified atom stereocenters. The number of aryl methyl sites for hydroxylation is 1. The Kier molecular flexibility index (Phi) is 2.04. The molecule has 0 fully saturated rings. The fraction of sp³-hybridized carbons (Fsp3) is 0.0909. The van der Waals surface area contributed by atoms with Gasteiger partial charge >= 0.3 is 0 Å². The molecular weight excluding hydrogens is 174 g/mol. The largest absolute Gasteiger partial charge is 0.268 e. The van der Waals surface area contributed by atoms with Crippen molar-refractivity contribution < 1.29 is 0 Å². The number of nitrogens with zero attached hydrogens (tertiary/aromatic N) is 3. The summed E-state index contributed by atoms with van der Waals surface area (Å²) in [5.41, 5.74) is 2.13. The van der Waals surface area contributed by atoms with Crippen LogP contribution in [0.3, 0.4) is 0 Å². The minimum atomic E-state index is 1.03. The fourth-order valence-electron chi connectivity index (χ4n) is 1.41. The molecule has 0 atom stereocenters. The smallest absolute Gasteiger partial charge is 0.154 e. The van der Waals surface area contributed by atoms with Crippen LogP contribution in [-0.2, 0) is 7.05 Å². The Balaban J connectivity index is 2.53. The molecule has 2 rings (SSSR count). The van der Waals surface area contributed by atoms with Crippen molar-refractivity contribution in [1.29, 1.82) is 0 Å². The van der Waals surface area contributed by atoms with Crippen molar-refractivity contribution in [1.82, 2.24) is 9.78 Å². The molecule has 1 aromatic carbocycles. The first-order valence-corrected chi connectivity index (χ1v) is 4.26. The Labute approximate surface area is 82.1 Å². The second kappa shape index (κ2) is 3.35. The maximum absolute atomic E-state index is 6.64. The lowest BCUT2D eigenvalue weighted by atomic mass is 10.1. The van der Waals surface area contributed by atoms with Gasteiger partial charge < -0.3 is 0 Å². The third-order valence-corrected chi connectivity index (χ3v) is 2.11. The summed E-state index contributed by atoms with van der Waals surface area (Å²) in [6.07, 6.45) is 5.07. The van der Waals surface area contributed by atoms with Gasteiger partial charge in [0, 0.05) is 12.4 Å². The number of hydrogen-bond donors (Lipinski definition) is 0. The minimum Gasteiger partial charge on any atom is -0.268 e. The quantitative estimate of drug-likeness (QED) is 0.622. The highest BCUT2D eigenvalue weighted by molar-refractivity contribution is 5.81. The summed E-state index contributed by atoms with van der Waals surface area (Å²) < 4.78 is 1.83. The van der Waals surface area contributed by atoms with Crippen LogP contribution in [0.5, 0.6) is 0 Å². The topological polar surface area (TPSA) is 22.2 Å². The van der Waals surface area contributed by atoms with Crippen LogP contribution < -0.4 is 0 Å². The molecule has 3 nitrogen and oxygen atoms in total. The summed E-state index contributed by atoms with van der Waals surface area (Å²) >= 11 is 0. The summed E-state index contributed by atoms with van der Waals surface area (Å²) in [5, 5.41) is 5.25. The standard InChI is InChI=1S/C11H9N3/c1-12-6-5-9-3-4-11-10(7-9)8-13-14(11)2/h3-8H,2H3/b6-5+. The van der Waals surface area contributed by atoms with E-state index in [-0.39, 0.29) is 0 Å². The number of aromatic nitrogens is 2. The Morgan fingerprint density at radius 3 is 3.14 bits per heavy atom. The predicted octanol–water partition coefficient (Wildman–Crippen LogP) is 2.46. The van der Waals surface area contributed by atoms with E-state index >= 15 is 0 Å². The highest BCUT2D eigenvalue weighted by atomic mass is 15.2. The average Bonchev–Trinajstić information content (AvgIpc) is 2.57. The van der Waals surface area contributed by atoms with E-state index in [2.05, 4.69) is 9.94 Å². The molecule has 0 saturated carbocycles. The molecule has 68 valence electrons. The van der Waals surface area contributed by atoms with E-state index in [1.807, 2.05) is 36.1 Å². The molecule has 3 heteroatoms. The highest BCUT2D eigenvalue weighted by Gasteiger charge is 1.98. The summed E-state index contributed by atoms with van der Waals surface area (Å²) in [4.78, 5) is 3.16. The van der Waals surface area contributed by atoms with Gasteiger partial charge in [-0.05, 0) is 17.7 Å². The van der Waals surface area contributed by atoms with Gasteiger partial charge in [0.1, 0.15) is 0 Å². The first-order chi connectivity index (χ1) is 6.81. The van der Waals surface area contributed by atoms with Crippen LogP contribution in [0.4, 0.5) is 0 Å². The van der Waals surface area contributed by atoms with Gasteiger partial charge in [0.15, 0.2) is 6.20 Å². The molecule has 0 saturated heterocycles. The Morgan fingerprint density at radius 2 is 2.36 bits per heavy atom. The van der Waals surface area contributed by atoms with Gasteiger partial charge in [-0.2, -0.15) is 5.10 Å². The van der Waals surface area contributed by atoms with Crippen molar-refractivity contribution in [2.45, 2.75) is 0 Å². The van der Waals surface area contributed by atoms with Crippen molar-refractivity contribution in [3.8, 4) is 0 Å². The highest BCUT2D eigenvalue weighted by Crippen LogP contribution is 2.15. The normalized spacial score (nSPS) is 10.9. The van der Waals surface area contributed by atoms with E-state index in [1.54, 1.807) is 6.08 Å². The lowest BCUT2D eigenvalue weighted by Crippen LogP contribution is -1.87. The Bertz CT molecular complexity index is 529. The molecule has 0 bridgehead atoms. The van der Waals surface area contributed by atoms with Crippen molar-refractivity contribution >= 4 is 17.0 Å². The second-order valence-electron chi connectivity index (χ2n) is 3.03. The van der Waals surface area contributed by atoms with Gasteiger partial charge in [-0.15, -0.1) is 0 Å². The van der Waals surface area contributed by atoms with E-state index in [4.69, 9.17) is 6.57 Å². The average molecular weight is 183 g/mol. The number of benzene rings is 1. The zero-order valence-corrected chi connectivity index (χ0v) is 7.81. The van der Waals surface area contributed by atoms with Crippen LogP contribution >= 0.6 is 0 Å². The maximum atomic E-state index is 6.64. The van der Waals surface area contributed by atoms with Gasteiger partial charge in [-0.1, -0.05) is 12.1 Å². The molecule has 1 aromatic heterocycles. The predicted molar refractivity (Wildman–Crippen MR) is 56.4 cm³/mol. The van der Waals surface area contributed by atoms with Gasteiger partial charge in [-0.3, -0.25) is 4.68 Å². The maximum Gasteiger partial charge on any atom is 0.154 e. The third kappa shape index (κ3) is 1.38. The number of hydrogen-bond acceptors (Lipinski definition) is 1. The Hall–Kier alpha value is -2.08. The molecule has 1 heterocycles. The first-order valence-electron chi connectivity index (χ1n) is 4.26.